The van der Waals surface area contributed by atoms with Crippen LogP contribution in [-0.4, -0.2) is 49.6 Å². The molecule has 1 aromatic rings. The van der Waals surface area contributed by atoms with Crippen molar-refractivity contribution >= 4 is 11.8 Å². The summed E-state index contributed by atoms with van der Waals surface area (Å²) in [4.78, 5) is 25.8. The SMILES string of the molecule is CCCSC1C(O)CC(CO)O[C@H]1n1cc(C)c(=O)[nH]c1=O. The van der Waals surface area contributed by atoms with Crippen LogP contribution in [0.4, 0.5) is 0 Å². The molecule has 2 heterocycles. The number of aromatic nitrogens is 2. The van der Waals surface area contributed by atoms with Crippen LogP contribution in [0.3, 0.4) is 0 Å². The zero-order chi connectivity index (χ0) is 16.3. The Bertz CT molecular complexity index is 614. The molecule has 1 saturated heterocycles. The van der Waals surface area contributed by atoms with E-state index < -0.39 is 29.7 Å². The summed E-state index contributed by atoms with van der Waals surface area (Å²) in [5, 5.41) is 19.3. The van der Waals surface area contributed by atoms with E-state index in [1.54, 1.807) is 6.92 Å². The summed E-state index contributed by atoms with van der Waals surface area (Å²) >= 11 is 1.53. The number of aliphatic hydroxyl groups excluding tert-OH is 2. The first-order valence-electron chi connectivity index (χ1n) is 7.36. The molecule has 1 aliphatic rings. The highest BCUT2D eigenvalue weighted by Gasteiger charge is 2.39. The molecule has 0 radical (unpaired) electrons. The normalized spacial score (nSPS) is 28.7. The van der Waals surface area contributed by atoms with Gasteiger partial charge in [-0.05, 0) is 19.1 Å². The number of thioether (sulfide) groups is 1. The molecule has 3 unspecified atom stereocenters. The second kappa shape index (κ2) is 7.45. The summed E-state index contributed by atoms with van der Waals surface area (Å²) in [5.74, 6) is 0.822. The number of rotatable bonds is 5. The lowest BCUT2D eigenvalue weighted by Crippen LogP contribution is -2.48. The summed E-state index contributed by atoms with van der Waals surface area (Å²) in [5.41, 5.74) is -0.620. The van der Waals surface area contributed by atoms with Crippen LogP contribution >= 0.6 is 11.8 Å². The number of ether oxygens (including phenoxy) is 1. The third kappa shape index (κ3) is 3.62. The average Bonchev–Trinajstić information content (AvgIpc) is 2.49. The van der Waals surface area contributed by atoms with Crippen molar-refractivity contribution in [2.45, 2.75) is 50.4 Å². The second-order valence-corrected chi connectivity index (χ2v) is 6.73. The van der Waals surface area contributed by atoms with Crippen molar-refractivity contribution in [1.29, 1.82) is 0 Å². The molecule has 2 rings (SSSR count). The quantitative estimate of drug-likeness (QED) is 0.702. The van der Waals surface area contributed by atoms with E-state index in [1.807, 2.05) is 6.92 Å². The molecule has 3 N–H and O–H groups in total. The highest BCUT2D eigenvalue weighted by molar-refractivity contribution is 7.99. The molecule has 0 bridgehead atoms. The van der Waals surface area contributed by atoms with Gasteiger partial charge < -0.3 is 14.9 Å². The van der Waals surface area contributed by atoms with Gasteiger partial charge >= 0.3 is 5.69 Å². The number of hydrogen-bond donors (Lipinski definition) is 3. The van der Waals surface area contributed by atoms with Crippen LogP contribution in [0.2, 0.25) is 0 Å². The maximum absolute atomic E-state index is 12.1. The zero-order valence-corrected chi connectivity index (χ0v) is 13.5. The molecule has 8 heteroatoms. The number of hydrogen-bond acceptors (Lipinski definition) is 6. The molecule has 1 fully saturated rings. The predicted molar refractivity (Wildman–Crippen MR) is 84.2 cm³/mol. The minimum absolute atomic E-state index is 0.226. The predicted octanol–water partition coefficient (Wildman–Crippen LogP) is -0.00248. The molecule has 0 aliphatic carbocycles. The van der Waals surface area contributed by atoms with Crippen LogP contribution in [0.25, 0.3) is 0 Å². The van der Waals surface area contributed by atoms with Crippen molar-refractivity contribution in [3.05, 3.63) is 32.6 Å². The number of nitrogens with one attached hydrogen (secondary N) is 1. The Hall–Kier alpha value is -1.09. The smallest absolute Gasteiger partial charge is 0.330 e. The molecule has 22 heavy (non-hydrogen) atoms. The highest BCUT2D eigenvalue weighted by atomic mass is 32.2. The van der Waals surface area contributed by atoms with E-state index in [2.05, 4.69) is 4.98 Å². The fourth-order valence-electron chi connectivity index (χ4n) is 2.49. The molecule has 124 valence electrons. The number of aromatic amines is 1. The van der Waals surface area contributed by atoms with Crippen molar-refractivity contribution in [1.82, 2.24) is 9.55 Å². The minimum Gasteiger partial charge on any atom is -0.394 e. The standard InChI is InChI=1S/C14H22N2O5S/c1-3-4-22-11-10(18)5-9(7-17)21-13(11)16-6-8(2)12(19)15-14(16)20/h6,9-11,13,17-18H,3-5,7H2,1-2H3,(H,15,19,20)/t9?,10?,11?,13-/m1/s1. The Labute approximate surface area is 132 Å². The fourth-order valence-corrected chi connectivity index (χ4v) is 3.69. The van der Waals surface area contributed by atoms with Gasteiger partial charge in [-0.15, -0.1) is 0 Å². The van der Waals surface area contributed by atoms with Crippen molar-refractivity contribution < 1.29 is 14.9 Å². The van der Waals surface area contributed by atoms with Gasteiger partial charge in [0, 0.05) is 18.2 Å². The first kappa shape index (κ1) is 17.3. The number of aliphatic hydroxyl groups is 2. The molecule has 0 aromatic carbocycles. The van der Waals surface area contributed by atoms with Gasteiger partial charge in [0.1, 0.15) is 0 Å². The Morgan fingerprint density at radius 3 is 2.86 bits per heavy atom. The van der Waals surface area contributed by atoms with E-state index in [-0.39, 0.29) is 11.9 Å². The molecule has 1 aromatic heterocycles. The first-order valence-corrected chi connectivity index (χ1v) is 8.40. The van der Waals surface area contributed by atoms with Crippen molar-refractivity contribution in [2.75, 3.05) is 12.4 Å². The van der Waals surface area contributed by atoms with Crippen LogP contribution in [0, 0.1) is 6.92 Å². The summed E-state index contributed by atoms with van der Waals surface area (Å²) in [6, 6.07) is 0. The Morgan fingerprint density at radius 2 is 2.23 bits per heavy atom. The molecule has 1 aliphatic heterocycles. The Balaban J connectivity index is 2.39. The van der Waals surface area contributed by atoms with Gasteiger partial charge in [0.05, 0.1) is 24.1 Å². The van der Waals surface area contributed by atoms with Crippen LogP contribution in [0.5, 0.6) is 0 Å². The van der Waals surface area contributed by atoms with E-state index in [4.69, 9.17) is 4.74 Å². The molecule has 0 saturated carbocycles. The summed E-state index contributed by atoms with van der Waals surface area (Å²) < 4.78 is 7.09. The summed E-state index contributed by atoms with van der Waals surface area (Å²) in [6.07, 6.45) is 0.761. The van der Waals surface area contributed by atoms with Gasteiger partial charge in [0.2, 0.25) is 0 Å². The maximum Gasteiger partial charge on any atom is 0.330 e. The van der Waals surface area contributed by atoms with E-state index in [9.17, 15) is 19.8 Å². The molecule has 7 nitrogen and oxygen atoms in total. The molecule has 0 spiro atoms. The Kier molecular flexibility index (Phi) is 5.85. The van der Waals surface area contributed by atoms with E-state index in [0.29, 0.717) is 12.0 Å². The zero-order valence-electron chi connectivity index (χ0n) is 12.7. The van der Waals surface area contributed by atoms with Gasteiger partial charge in [-0.1, -0.05) is 6.92 Å². The fraction of sp³-hybridized carbons (Fsp3) is 0.714. The van der Waals surface area contributed by atoms with E-state index >= 15 is 0 Å². The number of nitrogens with zero attached hydrogens (tertiary/aromatic N) is 1. The van der Waals surface area contributed by atoms with Crippen LogP contribution < -0.4 is 11.2 Å². The maximum atomic E-state index is 12.1. The van der Waals surface area contributed by atoms with E-state index in [1.165, 1.54) is 22.5 Å². The lowest BCUT2D eigenvalue weighted by Gasteiger charge is -2.39. The largest absolute Gasteiger partial charge is 0.394 e. The van der Waals surface area contributed by atoms with Gasteiger partial charge in [-0.2, -0.15) is 11.8 Å². The van der Waals surface area contributed by atoms with Crippen molar-refractivity contribution in [3.63, 3.8) is 0 Å². The minimum atomic E-state index is -0.722. The first-order chi connectivity index (χ1) is 10.5. The van der Waals surface area contributed by atoms with Gasteiger partial charge in [-0.3, -0.25) is 14.3 Å². The number of aryl methyl sites for hydroxylation is 1. The Morgan fingerprint density at radius 1 is 1.50 bits per heavy atom. The lowest BCUT2D eigenvalue weighted by molar-refractivity contribution is -0.138. The van der Waals surface area contributed by atoms with Crippen LogP contribution in [0.1, 0.15) is 31.6 Å². The summed E-state index contributed by atoms with van der Waals surface area (Å²) in [7, 11) is 0. The second-order valence-electron chi connectivity index (χ2n) is 5.45. The monoisotopic (exact) mass is 330 g/mol. The van der Waals surface area contributed by atoms with Crippen LogP contribution in [-0.2, 0) is 4.74 Å². The number of H-pyrrole nitrogens is 1. The van der Waals surface area contributed by atoms with Crippen molar-refractivity contribution in [3.8, 4) is 0 Å². The molecular formula is C14H22N2O5S. The van der Waals surface area contributed by atoms with Gasteiger partial charge in [-0.25, -0.2) is 4.79 Å². The molecule has 0 amide bonds. The van der Waals surface area contributed by atoms with Gasteiger partial charge in [0.15, 0.2) is 6.23 Å². The molecule has 4 atom stereocenters. The van der Waals surface area contributed by atoms with Crippen LogP contribution in [0.15, 0.2) is 15.8 Å². The van der Waals surface area contributed by atoms with Crippen molar-refractivity contribution in [2.24, 2.45) is 0 Å². The third-order valence-electron chi connectivity index (χ3n) is 3.63. The van der Waals surface area contributed by atoms with E-state index in [0.717, 1.165) is 12.2 Å². The highest BCUT2D eigenvalue weighted by Crippen LogP contribution is 2.35. The summed E-state index contributed by atoms with van der Waals surface area (Å²) in [6.45, 7) is 3.41. The topological polar surface area (TPSA) is 105 Å². The third-order valence-corrected chi connectivity index (χ3v) is 5.21. The average molecular weight is 330 g/mol. The molecular weight excluding hydrogens is 308 g/mol. The van der Waals surface area contributed by atoms with Gasteiger partial charge in [0.25, 0.3) is 5.56 Å². The lowest BCUT2D eigenvalue weighted by atomic mass is 10.0.